The fourth-order valence-electron chi connectivity index (χ4n) is 2.80. The molecule has 0 aliphatic carbocycles. The van der Waals surface area contributed by atoms with E-state index in [1.165, 1.54) is 18.5 Å². The van der Waals surface area contributed by atoms with Gasteiger partial charge in [-0.1, -0.05) is 13.0 Å². The first-order chi connectivity index (χ1) is 10.7. The van der Waals surface area contributed by atoms with Gasteiger partial charge >= 0.3 is 0 Å². The molecule has 2 heterocycles. The van der Waals surface area contributed by atoms with Crippen LogP contribution in [0.5, 0.6) is 0 Å². The minimum atomic E-state index is 0.0435. The molecule has 22 heavy (non-hydrogen) atoms. The second kappa shape index (κ2) is 6.97. The van der Waals surface area contributed by atoms with Crippen molar-refractivity contribution in [2.75, 3.05) is 23.3 Å². The second-order valence-electron chi connectivity index (χ2n) is 6.02. The first-order valence-electron chi connectivity index (χ1n) is 7.88. The molecule has 0 unspecified atom stereocenters. The van der Waals surface area contributed by atoms with Crippen LogP contribution in [-0.2, 0) is 11.2 Å². The van der Waals surface area contributed by atoms with Crippen LogP contribution in [-0.4, -0.2) is 19.0 Å². The Morgan fingerprint density at radius 2 is 1.95 bits per heavy atom. The van der Waals surface area contributed by atoms with Crippen LogP contribution in [0.15, 0.2) is 41.8 Å². The maximum atomic E-state index is 12.0. The van der Waals surface area contributed by atoms with E-state index in [1.54, 1.807) is 11.3 Å². The lowest BCUT2D eigenvalue weighted by Gasteiger charge is -2.32. The van der Waals surface area contributed by atoms with Crippen molar-refractivity contribution in [2.45, 2.75) is 26.2 Å². The van der Waals surface area contributed by atoms with Gasteiger partial charge < -0.3 is 10.2 Å². The van der Waals surface area contributed by atoms with Gasteiger partial charge in [-0.15, -0.1) is 11.3 Å². The fourth-order valence-corrected chi connectivity index (χ4v) is 3.50. The molecule has 2 aromatic rings. The highest BCUT2D eigenvalue weighted by Gasteiger charge is 2.15. The highest BCUT2D eigenvalue weighted by molar-refractivity contribution is 7.10. The number of nitrogens with one attached hydrogen (secondary N) is 1. The number of piperidine rings is 1. The topological polar surface area (TPSA) is 32.3 Å². The highest BCUT2D eigenvalue weighted by atomic mass is 32.1. The summed E-state index contributed by atoms with van der Waals surface area (Å²) in [6.45, 7) is 4.58. The fraction of sp³-hybridized carbons (Fsp3) is 0.389. The van der Waals surface area contributed by atoms with Gasteiger partial charge in [0.2, 0.25) is 5.91 Å². The average molecular weight is 314 g/mol. The van der Waals surface area contributed by atoms with E-state index in [0.717, 1.165) is 29.6 Å². The van der Waals surface area contributed by atoms with E-state index in [-0.39, 0.29) is 5.91 Å². The Bertz CT molecular complexity index is 599. The van der Waals surface area contributed by atoms with Crippen molar-refractivity contribution in [3.05, 3.63) is 46.7 Å². The quantitative estimate of drug-likeness (QED) is 0.919. The molecular formula is C18H22N2OS. The van der Waals surface area contributed by atoms with Gasteiger partial charge in [0.25, 0.3) is 0 Å². The van der Waals surface area contributed by atoms with Gasteiger partial charge in [-0.3, -0.25) is 4.79 Å². The zero-order valence-corrected chi connectivity index (χ0v) is 13.7. The summed E-state index contributed by atoms with van der Waals surface area (Å²) in [5.74, 6) is 0.883. The Morgan fingerprint density at radius 1 is 1.23 bits per heavy atom. The van der Waals surface area contributed by atoms with Crippen LogP contribution < -0.4 is 10.2 Å². The molecule has 4 heteroatoms. The van der Waals surface area contributed by atoms with Crippen molar-refractivity contribution in [1.29, 1.82) is 0 Å². The normalized spacial score (nSPS) is 15.8. The van der Waals surface area contributed by atoms with Crippen molar-refractivity contribution >= 4 is 28.6 Å². The summed E-state index contributed by atoms with van der Waals surface area (Å²) < 4.78 is 0. The largest absolute Gasteiger partial charge is 0.372 e. The van der Waals surface area contributed by atoms with E-state index in [2.05, 4.69) is 29.3 Å². The number of amides is 1. The smallest absolute Gasteiger partial charge is 0.229 e. The van der Waals surface area contributed by atoms with Crippen molar-refractivity contribution in [1.82, 2.24) is 0 Å². The Labute approximate surface area is 136 Å². The summed E-state index contributed by atoms with van der Waals surface area (Å²) in [5.41, 5.74) is 2.12. The third kappa shape index (κ3) is 3.89. The average Bonchev–Trinajstić information content (AvgIpc) is 3.02. The standard InChI is InChI=1S/C18H22N2OS/c1-14-8-10-20(11-9-14)16-6-4-15(5-7-16)19-18(21)13-17-3-2-12-22-17/h2-7,12,14H,8-11,13H2,1H3,(H,19,21). The molecule has 0 radical (unpaired) electrons. The predicted molar refractivity (Wildman–Crippen MR) is 93.7 cm³/mol. The summed E-state index contributed by atoms with van der Waals surface area (Å²) in [4.78, 5) is 15.5. The van der Waals surface area contributed by atoms with Crippen molar-refractivity contribution < 1.29 is 4.79 Å². The lowest BCUT2D eigenvalue weighted by molar-refractivity contribution is -0.115. The maximum Gasteiger partial charge on any atom is 0.229 e. The second-order valence-corrected chi connectivity index (χ2v) is 7.05. The van der Waals surface area contributed by atoms with E-state index >= 15 is 0 Å². The molecule has 0 bridgehead atoms. The number of carbonyl (C=O) groups is 1. The predicted octanol–water partition coefficient (Wildman–Crippen LogP) is 4.17. The number of hydrogen-bond acceptors (Lipinski definition) is 3. The molecular weight excluding hydrogens is 292 g/mol. The third-order valence-electron chi connectivity index (χ3n) is 4.21. The molecule has 1 aromatic carbocycles. The molecule has 1 fully saturated rings. The zero-order chi connectivity index (χ0) is 15.4. The lowest BCUT2D eigenvalue weighted by atomic mass is 9.99. The van der Waals surface area contributed by atoms with Gasteiger partial charge in [0, 0.05) is 29.3 Å². The van der Waals surface area contributed by atoms with Crippen LogP contribution in [0.3, 0.4) is 0 Å². The minimum absolute atomic E-state index is 0.0435. The summed E-state index contributed by atoms with van der Waals surface area (Å²) in [6, 6.07) is 12.2. The Kier molecular flexibility index (Phi) is 4.78. The van der Waals surface area contributed by atoms with Crippen LogP contribution in [0, 0.1) is 5.92 Å². The molecule has 1 amide bonds. The molecule has 1 aromatic heterocycles. The number of carbonyl (C=O) groups excluding carboxylic acids is 1. The molecule has 3 rings (SSSR count). The van der Waals surface area contributed by atoms with E-state index in [4.69, 9.17) is 0 Å². The first kappa shape index (κ1) is 15.1. The summed E-state index contributed by atoms with van der Waals surface area (Å²) in [5, 5.41) is 4.96. The molecule has 1 aliphatic heterocycles. The van der Waals surface area contributed by atoms with Crippen LogP contribution in [0.2, 0.25) is 0 Å². The number of anilines is 2. The zero-order valence-electron chi connectivity index (χ0n) is 12.9. The number of hydrogen-bond donors (Lipinski definition) is 1. The summed E-state index contributed by atoms with van der Waals surface area (Å²) in [6.07, 6.45) is 2.97. The molecule has 1 N–H and O–H groups in total. The molecule has 0 spiro atoms. The van der Waals surface area contributed by atoms with Crippen LogP contribution in [0.25, 0.3) is 0 Å². The van der Waals surface area contributed by atoms with E-state index in [9.17, 15) is 4.79 Å². The molecule has 3 nitrogen and oxygen atoms in total. The molecule has 0 saturated carbocycles. The van der Waals surface area contributed by atoms with Gasteiger partial charge in [-0.2, -0.15) is 0 Å². The van der Waals surface area contributed by atoms with Crippen LogP contribution in [0.4, 0.5) is 11.4 Å². The number of benzene rings is 1. The van der Waals surface area contributed by atoms with E-state index in [0.29, 0.717) is 6.42 Å². The lowest BCUT2D eigenvalue weighted by Crippen LogP contribution is -2.32. The Hall–Kier alpha value is -1.81. The van der Waals surface area contributed by atoms with Crippen LogP contribution >= 0.6 is 11.3 Å². The van der Waals surface area contributed by atoms with Crippen molar-refractivity contribution in [3.8, 4) is 0 Å². The molecule has 1 saturated heterocycles. The Balaban J connectivity index is 1.56. The van der Waals surface area contributed by atoms with Crippen LogP contribution in [0.1, 0.15) is 24.6 Å². The highest BCUT2D eigenvalue weighted by Crippen LogP contribution is 2.24. The Morgan fingerprint density at radius 3 is 2.59 bits per heavy atom. The third-order valence-corrected chi connectivity index (χ3v) is 5.09. The SMILES string of the molecule is CC1CCN(c2ccc(NC(=O)Cc3cccs3)cc2)CC1. The number of thiophene rings is 1. The van der Waals surface area contributed by atoms with Gasteiger partial charge in [0.1, 0.15) is 0 Å². The summed E-state index contributed by atoms with van der Waals surface area (Å²) >= 11 is 1.62. The molecule has 0 atom stereocenters. The van der Waals surface area contributed by atoms with E-state index < -0.39 is 0 Å². The van der Waals surface area contributed by atoms with Crippen molar-refractivity contribution in [3.63, 3.8) is 0 Å². The van der Waals surface area contributed by atoms with Gasteiger partial charge in [-0.05, 0) is 54.5 Å². The molecule has 1 aliphatic rings. The maximum absolute atomic E-state index is 12.0. The minimum Gasteiger partial charge on any atom is -0.372 e. The van der Waals surface area contributed by atoms with Gasteiger partial charge in [-0.25, -0.2) is 0 Å². The number of nitrogens with zero attached hydrogens (tertiary/aromatic N) is 1. The summed E-state index contributed by atoms with van der Waals surface area (Å²) in [7, 11) is 0. The first-order valence-corrected chi connectivity index (χ1v) is 8.76. The van der Waals surface area contributed by atoms with Gasteiger partial charge in [0.05, 0.1) is 6.42 Å². The van der Waals surface area contributed by atoms with Gasteiger partial charge in [0.15, 0.2) is 0 Å². The van der Waals surface area contributed by atoms with E-state index in [1.807, 2.05) is 29.6 Å². The number of rotatable bonds is 4. The monoisotopic (exact) mass is 314 g/mol. The molecule has 116 valence electrons. The van der Waals surface area contributed by atoms with Crippen molar-refractivity contribution in [2.24, 2.45) is 5.92 Å².